The first-order valence-electron chi connectivity index (χ1n) is 3.33. The molecule has 1 atom stereocenters. The molecule has 3 nitrogen and oxygen atoms in total. The fraction of sp³-hybridized carbons (Fsp3) is 1.00. The average molecular weight is 165 g/mol. The predicted molar refractivity (Wildman–Crippen MR) is 42.0 cm³/mol. The number of hydrogen-bond acceptors (Lipinski definition) is 2. The summed E-state index contributed by atoms with van der Waals surface area (Å²) in [6.45, 7) is 5.85. The summed E-state index contributed by atoms with van der Waals surface area (Å²) in [4.78, 5) is 0. The first-order valence-corrected chi connectivity index (χ1v) is 5.05. The van der Waals surface area contributed by atoms with Crippen molar-refractivity contribution in [3.63, 3.8) is 0 Å². The normalized spacial score (nSPS) is 15.7. The van der Waals surface area contributed by atoms with E-state index in [4.69, 9.17) is 5.14 Å². The maximum atomic E-state index is 10.5. The molecule has 0 spiro atoms. The summed E-state index contributed by atoms with van der Waals surface area (Å²) >= 11 is 0. The van der Waals surface area contributed by atoms with Crippen molar-refractivity contribution in [3.8, 4) is 0 Å². The van der Waals surface area contributed by atoms with Gasteiger partial charge in [-0.25, -0.2) is 13.6 Å². The Morgan fingerprint density at radius 1 is 1.30 bits per heavy atom. The SMILES string of the molecule is CC(C)[C@H](C)CS(N)(=O)=O. The lowest BCUT2D eigenvalue weighted by Gasteiger charge is -2.12. The quantitative estimate of drug-likeness (QED) is 0.664. The van der Waals surface area contributed by atoms with Crippen LogP contribution in [-0.2, 0) is 10.0 Å². The molecule has 0 amide bonds. The Bertz CT molecular complexity index is 184. The molecular weight excluding hydrogens is 150 g/mol. The minimum atomic E-state index is -3.27. The number of rotatable bonds is 3. The van der Waals surface area contributed by atoms with Crippen LogP contribution in [0.4, 0.5) is 0 Å². The Morgan fingerprint density at radius 3 is 1.80 bits per heavy atom. The summed E-state index contributed by atoms with van der Waals surface area (Å²) in [5.74, 6) is 0.610. The van der Waals surface area contributed by atoms with Gasteiger partial charge in [0.1, 0.15) is 0 Å². The second kappa shape index (κ2) is 3.34. The minimum absolute atomic E-state index is 0.0880. The summed E-state index contributed by atoms with van der Waals surface area (Å²) in [5, 5.41) is 4.85. The predicted octanol–water partition coefficient (Wildman–Crippen LogP) is 0.567. The summed E-state index contributed by atoms with van der Waals surface area (Å²) in [6, 6.07) is 0. The van der Waals surface area contributed by atoms with Gasteiger partial charge in [-0.05, 0) is 11.8 Å². The molecule has 2 N–H and O–H groups in total. The Morgan fingerprint density at radius 2 is 1.70 bits per heavy atom. The molecule has 0 aromatic heterocycles. The zero-order chi connectivity index (χ0) is 8.36. The van der Waals surface area contributed by atoms with Crippen LogP contribution in [0.15, 0.2) is 0 Å². The van der Waals surface area contributed by atoms with E-state index >= 15 is 0 Å². The second-order valence-corrected chi connectivity index (χ2v) is 4.71. The first kappa shape index (κ1) is 9.91. The largest absolute Gasteiger partial charge is 0.229 e. The van der Waals surface area contributed by atoms with Gasteiger partial charge in [0, 0.05) is 0 Å². The van der Waals surface area contributed by atoms with Crippen LogP contribution in [0.25, 0.3) is 0 Å². The molecule has 0 radical (unpaired) electrons. The fourth-order valence-corrected chi connectivity index (χ4v) is 1.68. The third kappa shape index (κ3) is 4.76. The maximum absolute atomic E-state index is 10.5. The molecule has 0 saturated carbocycles. The third-order valence-electron chi connectivity index (χ3n) is 1.63. The van der Waals surface area contributed by atoms with Gasteiger partial charge in [-0.2, -0.15) is 0 Å². The van der Waals surface area contributed by atoms with E-state index in [1.165, 1.54) is 0 Å². The van der Waals surface area contributed by atoms with Gasteiger partial charge in [0.05, 0.1) is 5.75 Å². The molecule has 0 fully saturated rings. The van der Waals surface area contributed by atoms with E-state index in [9.17, 15) is 8.42 Å². The van der Waals surface area contributed by atoms with Crippen molar-refractivity contribution in [1.29, 1.82) is 0 Å². The van der Waals surface area contributed by atoms with Crippen molar-refractivity contribution in [2.24, 2.45) is 17.0 Å². The van der Waals surface area contributed by atoms with Crippen molar-refractivity contribution in [2.75, 3.05) is 5.75 Å². The van der Waals surface area contributed by atoms with E-state index in [-0.39, 0.29) is 11.7 Å². The van der Waals surface area contributed by atoms with Gasteiger partial charge >= 0.3 is 0 Å². The Kier molecular flexibility index (Phi) is 3.31. The molecule has 0 rings (SSSR count). The lowest BCUT2D eigenvalue weighted by Crippen LogP contribution is -2.24. The van der Waals surface area contributed by atoms with Gasteiger partial charge in [-0.1, -0.05) is 20.8 Å². The van der Waals surface area contributed by atoms with Crippen LogP contribution in [-0.4, -0.2) is 14.2 Å². The second-order valence-electron chi connectivity index (χ2n) is 3.05. The van der Waals surface area contributed by atoms with E-state index in [1.54, 1.807) is 0 Å². The molecule has 0 unspecified atom stereocenters. The van der Waals surface area contributed by atoms with Gasteiger partial charge in [-0.15, -0.1) is 0 Å². The van der Waals surface area contributed by atoms with Crippen LogP contribution in [0.1, 0.15) is 20.8 Å². The maximum Gasteiger partial charge on any atom is 0.209 e. The summed E-state index contributed by atoms with van der Waals surface area (Å²) in [5.41, 5.74) is 0. The molecule has 0 aromatic rings. The zero-order valence-electron chi connectivity index (χ0n) is 6.66. The van der Waals surface area contributed by atoms with Crippen molar-refractivity contribution in [3.05, 3.63) is 0 Å². The summed E-state index contributed by atoms with van der Waals surface area (Å²) in [7, 11) is -3.27. The van der Waals surface area contributed by atoms with Crippen LogP contribution < -0.4 is 5.14 Å². The lowest BCUT2D eigenvalue weighted by molar-refractivity contribution is 0.453. The van der Waals surface area contributed by atoms with Crippen LogP contribution in [0.2, 0.25) is 0 Å². The third-order valence-corrected chi connectivity index (χ3v) is 2.62. The highest BCUT2D eigenvalue weighted by atomic mass is 32.2. The highest BCUT2D eigenvalue weighted by molar-refractivity contribution is 7.89. The van der Waals surface area contributed by atoms with Crippen LogP contribution in [0, 0.1) is 11.8 Å². The topological polar surface area (TPSA) is 60.2 Å². The zero-order valence-corrected chi connectivity index (χ0v) is 7.48. The van der Waals surface area contributed by atoms with E-state index in [0.717, 1.165) is 0 Å². The Hall–Kier alpha value is -0.0900. The molecule has 0 heterocycles. The minimum Gasteiger partial charge on any atom is -0.229 e. The van der Waals surface area contributed by atoms with E-state index in [2.05, 4.69) is 0 Å². The molecule has 0 saturated heterocycles. The molecular formula is C6H15NO2S. The van der Waals surface area contributed by atoms with Gasteiger partial charge in [0.2, 0.25) is 10.0 Å². The highest BCUT2D eigenvalue weighted by Crippen LogP contribution is 2.10. The van der Waals surface area contributed by atoms with E-state index in [0.29, 0.717) is 5.92 Å². The van der Waals surface area contributed by atoms with Crippen molar-refractivity contribution >= 4 is 10.0 Å². The number of hydrogen-bond donors (Lipinski definition) is 1. The fourth-order valence-electron chi connectivity index (χ4n) is 0.559. The molecule has 0 aliphatic heterocycles. The number of sulfonamides is 1. The average Bonchev–Trinajstić information content (AvgIpc) is 1.60. The molecule has 4 heteroatoms. The van der Waals surface area contributed by atoms with Crippen LogP contribution >= 0.6 is 0 Å². The monoisotopic (exact) mass is 165 g/mol. The smallest absolute Gasteiger partial charge is 0.209 e. The Balaban J connectivity index is 3.93. The summed E-state index contributed by atoms with van der Waals surface area (Å²) < 4.78 is 21.0. The van der Waals surface area contributed by atoms with Crippen molar-refractivity contribution < 1.29 is 8.42 Å². The molecule has 0 bridgehead atoms. The number of primary sulfonamides is 1. The lowest BCUT2D eigenvalue weighted by atomic mass is 10.0. The molecule has 62 valence electrons. The van der Waals surface area contributed by atoms with Crippen molar-refractivity contribution in [1.82, 2.24) is 0 Å². The standard InChI is InChI=1S/C6H15NO2S/c1-5(2)6(3)4-10(7,8)9/h5-6H,4H2,1-3H3,(H2,7,8,9)/t6-/m1/s1. The van der Waals surface area contributed by atoms with Gasteiger partial charge in [0.15, 0.2) is 0 Å². The molecule has 0 aliphatic carbocycles. The van der Waals surface area contributed by atoms with Gasteiger partial charge in [0.25, 0.3) is 0 Å². The highest BCUT2D eigenvalue weighted by Gasteiger charge is 2.13. The van der Waals surface area contributed by atoms with Crippen LogP contribution in [0.5, 0.6) is 0 Å². The molecule has 0 aromatic carbocycles. The van der Waals surface area contributed by atoms with E-state index < -0.39 is 10.0 Å². The van der Waals surface area contributed by atoms with E-state index in [1.807, 2.05) is 20.8 Å². The number of nitrogens with two attached hydrogens (primary N) is 1. The van der Waals surface area contributed by atoms with Crippen LogP contribution in [0.3, 0.4) is 0 Å². The van der Waals surface area contributed by atoms with Gasteiger partial charge < -0.3 is 0 Å². The summed E-state index contributed by atoms with van der Waals surface area (Å²) in [6.07, 6.45) is 0. The van der Waals surface area contributed by atoms with Crippen molar-refractivity contribution in [2.45, 2.75) is 20.8 Å². The molecule has 0 aliphatic rings. The Labute approximate surface area is 62.7 Å². The first-order chi connectivity index (χ1) is 4.33. The van der Waals surface area contributed by atoms with Gasteiger partial charge in [-0.3, -0.25) is 0 Å². The molecule has 10 heavy (non-hydrogen) atoms.